The topological polar surface area (TPSA) is 29.1 Å². The van der Waals surface area contributed by atoms with Gasteiger partial charge in [0.15, 0.2) is 0 Å². The number of carbonyl (C=O) groups is 1. The van der Waals surface area contributed by atoms with Gasteiger partial charge in [-0.1, -0.05) is 25.5 Å². The van der Waals surface area contributed by atoms with Crippen LogP contribution >= 0.6 is 0 Å². The number of carbonyl (C=O) groups excluding carboxylic acids is 1. The summed E-state index contributed by atoms with van der Waals surface area (Å²) in [5.74, 6) is 0.228. The molecule has 1 N–H and O–H groups in total. The number of rotatable bonds is 3. The Morgan fingerprint density at radius 1 is 1.39 bits per heavy atom. The fraction of sp³-hybridized carbons (Fsp3) is 0.400. The highest BCUT2D eigenvalue weighted by Crippen LogP contribution is 2.26. The second kappa shape index (κ2) is 5.80. The van der Waals surface area contributed by atoms with Crippen LogP contribution in [0.4, 0.5) is 10.1 Å². The third-order valence-corrected chi connectivity index (χ3v) is 3.41. The number of allylic oxidation sites excluding steroid dienone is 1. The molecule has 0 aliphatic heterocycles. The van der Waals surface area contributed by atoms with Gasteiger partial charge in [-0.05, 0) is 37.2 Å². The molecule has 0 amide bonds. The van der Waals surface area contributed by atoms with E-state index < -0.39 is 0 Å². The van der Waals surface area contributed by atoms with Gasteiger partial charge in [0, 0.05) is 17.5 Å². The van der Waals surface area contributed by atoms with Crippen LogP contribution in [0.3, 0.4) is 0 Å². The highest BCUT2D eigenvalue weighted by Gasteiger charge is 2.25. The van der Waals surface area contributed by atoms with Gasteiger partial charge in [0.25, 0.3) is 0 Å². The minimum atomic E-state index is -0.268. The second-order valence-corrected chi connectivity index (χ2v) is 4.85. The third-order valence-electron chi connectivity index (χ3n) is 3.41. The van der Waals surface area contributed by atoms with E-state index in [4.69, 9.17) is 0 Å². The number of benzene rings is 1. The zero-order valence-corrected chi connectivity index (χ0v) is 10.5. The predicted octanol–water partition coefficient (Wildman–Crippen LogP) is 3.76. The average Bonchev–Trinajstić information content (AvgIpc) is 2.35. The lowest BCUT2D eigenvalue weighted by Gasteiger charge is -2.22. The van der Waals surface area contributed by atoms with Crippen molar-refractivity contribution in [3.8, 4) is 0 Å². The Kier molecular flexibility index (Phi) is 4.13. The molecule has 96 valence electrons. The largest absolute Gasteiger partial charge is 0.362 e. The van der Waals surface area contributed by atoms with Crippen molar-refractivity contribution in [2.75, 3.05) is 5.32 Å². The van der Waals surface area contributed by atoms with E-state index in [0.29, 0.717) is 11.5 Å². The van der Waals surface area contributed by atoms with Gasteiger partial charge in [0.1, 0.15) is 11.6 Å². The maximum Gasteiger partial charge on any atom is 0.142 e. The molecular weight excluding hydrogens is 229 g/mol. The number of Topliss-reactive ketones (excluding diaryl/α,β-unsaturated/α-hetero) is 1. The maximum absolute atomic E-state index is 12.9. The van der Waals surface area contributed by atoms with E-state index in [9.17, 15) is 9.18 Å². The van der Waals surface area contributed by atoms with Crippen molar-refractivity contribution in [1.29, 1.82) is 0 Å². The van der Waals surface area contributed by atoms with Gasteiger partial charge in [-0.2, -0.15) is 0 Å². The molecule has 2 nitrogen and oxygen atoms in total. The van der Waals surface area contributed by atoms with E-state index in [0.717, 1.165) is 19.3 Å². The molecule has 2 unspecified atom stereocenters. The SMILES string of the molecule is CC1CCCC(C=CNc2cccc(F)c2)C1=O. The molecule has 3 heteroatoms. The average molecular weight is 247 g/mol. The second-order valence-electron chi connectivity index (χ2n) is 4.85. The summed E-state index contributed by atoms with van der Waals surface area (Å²) in [4.78, 5) is 11.9. The maximum atomic E-state index is 12.9. The van der Waals surface area contributed by atoms with Gasteiger partial charge in [0.2, 0.25) is 0 Å². The van der Waals surface area contributed by atoms with Crippen molar-refractivity contribution < 1.29 is 9.18 Å². The number of nitrogens with one attached hydrogen (secondary N) is 1. The molecule has 2 atom stereocenters. The number of anilines is 1. The summed E-state index contributed by atoms with van der Waals surface area (Å²) in [5.41, 5.74) is 0.697. The fourth-order valence-electron chi connectivity index (χ4n) is 2.32. The Balaban J connectivity index is 1.93. The summed E-state index contributed by atoms with van der Waals surface area (Å²) in [7, 11) is 0. The molecule has 1 aliphatic carbocycles. The Labute approximate surface area is 107 Å². The van der Waals surface area contributed by atoms with Crippen molar-refractivity contribution in [2.24, 2.45) is 11.8 Å². The monoisotopic (exact) mass is 247 g/mol. The van der Waals surface area contributed by atoms with Crippen molar-refractivity contribution in [3.05, 3.63) is 42.4 Å². The van der Waals surface area contributed by atoms with Gasteiger partial charge in [-0.15, -0.1) is 0 Å². The molecule has 1 fully saturated rings. The molecule has 0 aromatic heterocycles. The van der Waals surface area contributed by atoms with Crippen molar-refractivity contribution in [1.82, 2.24) is 0 Å². The Hall–Kier alpha value is -1.64. The van der Waals surface area contributed by atoms with E-state index in [1.54, 1.807) is 18.3 Å². The lowest BCUT2D eigenvalue weighted by Crippen LogP contribution is -2.25. The molecule has 0 saturated heterocycles. The molecule has 2 rings (SSSR count). The van der Waals surface area contributed by atoms with Crippen LogP contribution in [-0.2, 0) is 4.79 Å². The van der Waals surface area contributed by atoms with Crippen LogP contribution in [-0.4, -0.2) is 5.78 Å². The predicted molar refractivity (Wildman–Crippen MR) is 70.7 cm³/mol. The molecule has 18 heavy (non-hydrogen) atoms. The van der Waals surface area contributed by atoms with Crippen LogP contribution in [0.25, 0.3) is 0 Å². The van der Waals surface area contributed by atoms with Crippen molar-refractivity contribution in [2.45, 2.75) is 26.2 Å². The van der Waals surface area contributed by atoms with E-state index in [2.05, 4.69) is 5.32 Å². The molecule has 0 bridgehead atoms. The Morgan fingerprint density at radius 2 is 2.22 bits per heavy atom. The van der Waals surface area contributed by atoms with Crippen molar-refractivity contribution in [3.63, 3.8) is 0 Å². The summed E-state index contributed by atoms with van der Waals surface area (Å²) < 4.78 is 12.9. The molecule has 1 aliphatic rings. The van der Waals surface area contributed by atoms with Gasteiger partial charge < -0.3 is 5.32 Å². The molecule has 0 heterocycles. The minimum absolute atomic E-state index is 0.00908. The smallest absolute Gasteiger partial charge is 0.142 e. The lowest BCUT2D eigenvalue weighted by molar-refractivity contribution is -0.126. The van der Waals surface area contributed by atoms with Gasteiger partial charge in [-0.25, -0.2) is 4.39 Å². The zero-order valence-electron chi connectivity index (χ0n) is 10.5. The molecule has 0 spiro atoms. The van der Waals surface area contributed by atoms with Crippen LogP contribution in [0, 0.1) is 17.7 Å². The number of hydrogen-bond acceptors (Lipinski definition) is 2. The van der Waals surface area contributed by atoms with Crippen molar-refractivity contribution >= 4 is 11.5 Å². The quantitative estimate of drug-likeness (QED) is 0.881. The number of hydrogen-bond donors (Lipinski definition) is 1. The first-order valence-electron chi connectivity index (χ1n) is 6.39. The molecule has 1 saturated carbocycles. The van der Waals surface area contributed by atoms with Gasteiger partial charge in [0.05, 0.1) is 0 Å². The van der Waals surface area contributed by atoms with E-state index >= 15 is 0 Å². The number of ketones is 1. The zero-order chi connectivity index (χ0) is 13.0. The first-order valence-corrected chi connectivity index (χ1v) is 6.39. The van der Waals surface area contributed by atoms with E-state index in [1.165, 1.54) is 12.1 Å². The van der Waals surface area contributed by atoms with E-state index in [1.807, 2.05) is 13.0 Å². The van der Waals surface area contributed by atoms with Crippen LogP contribution in [0.15, 0.2) is 36.5 Å². The summed E-state index contributed by atoms with van der Waals surface area (Å²) in [6.07, 6.45) is 6.66. The summed E-state index contributed by atoms with van der Waals surface area (Å²) >= 11 is 0. The molecule has 1 aromatic carbocycles. The normalized spacial score (nSPS) is 24.4. The molecular formula is C15H18FNO. The molecule has 0 radical (unpaired) electrons. The van der Waals surface area contributed by atoms with Gasteiger partial charge in [-0.3, -0.25) is 4.79 Å². The Bertz CT molecular complexity index is 456. The number of halogens is 1. The van der Waals surface area contributed by atoms with Crippen LogP contribution in [0.1, 0.15) is 26.2 Å². The standard InChI is InChI=1S/C15H18FNO/c1-11-4-2-5-12(15(11)18)8-9-17-14-7-3-6-13(16)10-14/h3,6-12,17H,2,4-5H2,1H3. The minimum Gasteiger partial charge on any atom is -0.362 e. The van der Waals surface area contributed by atoms with Crippen LogP contribution < -0.4 is 5.32 Å². The third kappa shape index (κ3) is 3.19. The first kappa shape index (κ1) is 12.8. The van der Waals surface area contributed by atoms with Crippen LogP contribution in [0.5, 0.6) is 0 Å². The summed E-state index contributed by atoms with van der Waals surface area (Å²) in [5, 5.41) is 3.00. The fourth-order valence-corrected chi connectivity index (χ4v) is 2.32. The summed E-state index contributed by atoms with van der Waals surface area (Å²) in [6.45, 7) is 1.99. The van der Waals surface area contributed by atoms with Gasteiger partial charge >= 0.3 is 0 Å². The first-order chi connectivity index (χ1) is 8.66. The van der Waals surface area contributed by atoms with E-state index in [-0.39, 0.29) is 17.7 Å². The molecule has 1 aromatic rings. The highest BCUT2D eigenvalue weighted by atomic mass is 19.1. The van der Waals surface area contributed by atoms with Crippen LogP contribution in [0.2, 0.25) is 0 Å². The summed E-state index contributed by atoms with van der Waals surface area (Å²) in [6, 6.07) is 6.27. The Morgan fingerprint density at radius 3 is 3.00 bits per heavy atom. The lowest BCUT2D eigenvalue weighted by atomic mass is 9.81. The highest BCUT2D eigenvalue weighted by molar-refractivity contribution is 5.85.